The summed E-state index contributed by atoms with van der Waals surface area (Å²) in [5.41, 5.74) is 3.47. The molecule has 0 amide bonds. The average molecular weight is 271 g/mol. The second kappa shape index (κ2) is 7.68. The smallest absolute Gasteiger partial charge is 0.123 e. The summed E-state index contributed by atoms with van der Waals surface area (Å²) in [6, 6.07) is 16.5. The maximum atomic E-state index is 8.76. The Labute approximate surface area is 120 Å². The Balaban J connectivity index is 2.12. The van der Waals surface area contributed by atoms with Gasteiger partial charge in [0.1, 0.15) is 5.75 Å². The minimum atomic E-state index is 0.219. The molecule has 0 aromatic heterocycles. The van der Waals surface area contributed by atoms with Crippen LogP contribution in [0.1, 0.15) is 12.0 Å². The van der Waals surface area contributed by atoms with Crippen molar-refractivity contribution in [2.75, 3.05) is 20.3 Å². The van der Waals surface area contributed by atoms with Crippen molar-refractivity contribution >= 4 is 0 Å². The van der Waals surface area contributed by atoms with Crippen LogP contribution in [0.5, 0.6) is 5.75 Å². The maximum absolute atomic E-state index is 8.76. The van der Waals surface area contributed by atoms with Gasteiger partial charge < -0.3 is 15.2 Å². The SMILES string of the molecule is COc1cc(-c2ccccc2)ccc1CNCCCO. The first kappa shape index (κ1) is 14.6. The molecule has 20 heavy (non-hydrogen) atoms. The van der Waals surface area contributed by atoms with Crippen LogP contribution in [-0.2, 0) is 6.54 Å². The molecule has 2 aromatic carbocycles. The van der Waals surface area contributed by atoms with E-state index < -0.39 is 0 Å². The largest absolute Gasteiger partial charge is 0.496 e. The molecule has 0 aliphatic heterocycles. The number of nitrogens with one attached hydrogen (secondary N) is 1. The van der Waals surface area contributed by atoms with E-state index in [0.29, 0.717) is 0 Å². The lowest BCUT2D eigenvalue weighted by Crippen LogP contribution is -2.16. The number of benzene rings is 2. The van der Waals surface area contributed by atoms with Gasteiger partial charge in [-0.3, -0.25) is 0 Å². The molecule has 0 saturated carbocycles. The molecule has 0 bridgehead atoms. The predicted octanol–water partition coefficient (Wildman–Crippen LogP) is 2.83. The molecule has 0 heterocycles. The van der Waals surface area contributed by atoms with Crippen molar-refractivity contribution < 1.29 is 9.84 Å². The van der Waals surface area contributed by atoms with Crippen LogP contribution in [0.15, 0.2) is 48.5 Å². The zero-order chi connectivity index (χ0) is 14.2. The average Bonchev–Trinajstić information content (AvgIpc) is 2.52. The molecule has 2 rings (SSSR count). The number of ether oxygens (including phenoxy) is 1. The van der Waals surface area contributed by atoms with Gasteiger partial charge in [0.15, 0.2) is 0 Å². The fraction of sp³-hybridized carbons (Fsp3) is 0.294. The van der Waals surface area contributed by atoms with E-state index in [-0.39, 0.29) is 6.61 Å². The van der Waals surface area contributed by atoms with Gasteiger partial charge in [-0.25, -0.2) is 0 Å². The van der Waals surface area contributed by atoms with Crippen LogP contribution in [0, 0.1) is 0 Å². The van der Waals surface area contributed by atoms with Gasteiger partial charge in [0.05, 0.1) is 7.11 Å². The minimum absolute atomic E-state index is 0.219. The highest BCUT2D eigenvalue weighted by Crippen LogP contribution is 2.27. The van der Waals surface area contributed by atoms with Crippen LogP contribution in [0.4, 0.5) is 0 Å². The fourth-order valence-electron chi connectivity index (χ4n) is 2.13. The van der Waals surface area contributed by atoms with E-state index >= 15 is 0 Å². The third kappa shape index (κ3) is 3.83. The third-order valence-electron chi connectivity index (χ3n) is 3.22. The van der Waals surface area contributed by atoms with Crippen LogP contribution in [-0.4, -0.2) is 25.4 Å². The Kier molecular flexibility index (Phi) is 5.59. The zero-order valence-corrected chi connectivity index (χ0v) is 11.8. The Morgan fingerprint density at radius 2 is 1.85 bits per heavy atom. The summed E-state index contributed by atoms with van der Waals surface area (Å²) < 4.78 is 5.48. The van der Waals surface area contributed by atoms with Gasteiger partial charge in [-0.2, -0.15) is 0 Å². The van der Waals surface area contributed by atoms with Gasteiger partial charge in [-0.05, 0) is 30.2 Å². The third-order valence-corrected chi connectivity index (χ3v) is 3.22. The number of methoxy groups -OCH3 is 1. The normalized spacial score (nSPS) is 10.5. The summed E-state index contributed by atoms with van der Waals surface area (Å²) in [6.07, 6.45) is 0.768. The second-order valence-electron chi connectivity index (χ2n) is 4.65. The molecule has 0 spiro atoms. The molecule has 0 fully saturated rings. The maximum Gasteiger partial charge on any atom is 0.123 e. The Morgan fingerprint density at radius 3 is 2.55 bits per heavy atom. The summed E-state index contributed by atoms with van der Waals surface area (Å²) in [5.74, 6) is 0.892. The monoisotopic (exact) mass is 271 g/mol. The van der Waals surface area contributed by atoms with Crippen LogP contribution in [0.2, 0.25) is 0 Å². The van der Waals surface area contributed by atoms with Gasteiger partial charge in [0.25, 0.3) is 0 Å². The van der Waals surface area contributed by atoms with E-state index in [1.165, 1.54) is 5.56 Å². The molecular formula is C17H21NO2. The van der Waals surface area contributed by atoms with Crippen molar-refractivity contribution in [3.8, 4) is 16.9 Å². The number of hydrogen-bond donors (Lipinski definition) is 2. The lowest BCUT2D eigenvalue weighted by molar-refractivity contribution is 0.286. The van der Waals surface area contributed by atoms with Crippen LogP contribution < -0.4 is 10.1 Å². The Bertz CT molecular complexity index is 526. The summed E-state index contributed by atoms with van der Waals surface area (Å²) in [7, 11) is 1.70. The zero-order valence-electron chi connectivity index (χ0n) is 11.8. The summed E-state index contributed by atoms with van der Waals surface area (Å²) in [5, 5.41) is 12.1. The highest BCUT2D eigenvalue weighted by Gasteiger charge is 2.05. The van der Waals surface area contributed by atoms with E-state index in [9.17, 15) is 0 Å². The van der Waals surface area contributed by atoms with Crippen LogP contribution in [0.3, 0.4) is 0 Å². The van der Waals surface area contributed by atoms with E-state index in [2.05, 4.69) is 35.6 Å². The Morgan fingerprint density at radius 1 is 1.05 bits per heavy atom. The van der Waals surface area contributed by atoms with Gasteiger partial charge >= 0.3 is 0 Å². The molecule has 0 aliphatic carbocycles. The summed E-state index contributed by atoms with van der Waals surface area (Å²) in [4.78, 5) is 0. The standard InChI is InChI=1S/C17H21NO2/c1-20-17-12-15(14-6-3-2-4-7-14)8-9-16(17)13-18-10-5-11-19/h2-4,6-9,12,18-19H,5,10-11,13H2,1H3. The van der Waals surface area contributed by atoms with Crippen LogP contribution >= 0.6 is 0 Å². The first-order chi connectivity index (χ1) is 9.85. The van der Waals surface area contributed by atoms with Gasteiger partial charge in [0, 0.05) is 18.7 Å². The molecule has 3 nitrogen and oxygen atoms in total. The molecule has 2 aromatic rings. The molecule has 0 unspecified atom stereocenters. The van der Waals surface area contributed by atoms with Crippen molar-refractivity contribution in [2.45, 2.75) is 13.0 Å². The minimum Gasteiger partial charge on any atom is -0.496 e. The number of aliphatic hydroxyl groups excluding tert-OH is 1. The second-order valence-corrected chi connectivity index (χ2v) is 4.65. The van der Waals surface area contributed by atoms with Gasteiger partial charge in [0.2, 0.25) is 0 Å². The molecule has 0 aliphatic rings. The van der Waals surface area contributed by atoms with E-state index in [1.54, 1.807) is 7.11 Å². The van der Waals surface area contributed by atoms with Gasteiger partial charge in [-0.15, -0.1) is 0 Å². The molecule has 0 radical (unpaired) electrons. The first-order valence-electron chi connectivity index (χ1n) is 6.89. The van der Waals surface area contributed by atoms with E-state index in [0.717, 1.165) is 36.4 Å². The highest BCUT2D eigenvalue weighted by molar-refractivity contribution is 5.66. The van der Waals surface area contributed by atoms with E-state index in [4.69, 9.17) is 9.84 Å². The van der Waals surface area contributed by atoms with Crippen molar-refractivity contribution in [1.82, 2.24) is 5.32 Å². The lowest BCUT2D eigenvalue weighted by atomic mass is 10.0. The predicted molar refractivity (Wildman–Crippen MR) is 81.8 cm³/mol. The summed E-state index contributed by atoms with van der Waals surface area (Å²) in [6.45, 7) is 1.77. The van der Waals surface area contributed by atoms with Gasteiger partial charge in [-0.1, -0.05) is 42.5 Å². The van der Waals surface area contributed by atoms with Crippen LogP contribution in [0.25, 0.3) is 11.1 Å². The van der Waals surface area contributed by atoms with Crippen molar-refractivity contribution in [1.29, 1.82) is 0 Å². The topological polar surface area (TPSA) is 41.5 Å². The molecule has 3 heteroatoms. The summed E-state index contributed by atoms with van der Waals surface area (Å²) >= 11 is 0. The highest BCUT2D eigenvalue weighted by atomic mass is 16.5. The number of hydrogen-bond acceptors (Lipinski definition) is 3. The molecule has 2 N–H and O–H groups in total. The number of aliphatic hydroxyl groups is 1. The van der Waals surface area contributed by atoms with Crippen molar-refractivity contribution in [3.05, 3.63) is 54.1 Å². The quantitative estimate of drug-likeness (QED) is 0.761. The molecule has 0 saturated heterocycles. The van der Waals surface area contributed by atoms with E-state index in [1.807, 2.05) is 18.2 Å². The fourth-order valence-corrected chi connectivity index (χ4v) is 2.13. The molecule has 106 valence electrons. The van der Waals surface area contributed by atoms with Crippen molar-refractivity contribution in [3.63, 3.8) is 0 Å². The lowest BCUT2D eigenvalue weighted by Gasteiger charge is -2.11. The van der Waals surface area contributed by atoms with Crippen molar-refractivity contribution in [2.24, 2.45) is 0 Å². The Hall–Kier alpha value is -1.84. The molecule has 0 atom stereocenters. The number of rotatable bonds is 7. The first-order valence-corrected chi connectivity index (χ1v) is 6.89. The molecular weight excluding hydrogens is 250 g/mol.